The predicted octanol–water partition coefficient (Wildman–Crippen LogP) is 0.416. The Kier molecular flexibility index (Phi) is 3.89. The molecule has 0 saturated carbocycles. The molecule has 6 nitrogen and oxygen atoms in total. The van der Waals surface area contributed by atoms with E-state index in [1.54, 1.807) is 31.2 Å². The van der Waals surface area contributed by atoms with E-state index in [1.165, 1.54) is 6.07 Å². The summed E-state index contributed by atoms with van der Waals surface area (Å²) in [6.07, 6.45) is 1.56. The number of amidine groups is 1. The summed E-state index contributed by atoms with van der Waals surface area (Å²) >= 11 is 0. The van der Waals surface area contributed by atoms with Crippen LogP contribution in [0.25, 0.3) is 0 Å². The van der Waals surface area contributed by atoms with Gasteiger partial charge >= 0.3 is 0 Å². The van der Waals surface area contributed by atoms with Crippen molar-refractivity contribution in [1.29, 1.82) is 0 Å². The molecule has 20 heavy (non-hydrogen) atoms. The molecule has 1 amide bonds. The van der Waals surface area contributed by atoms with Crippen LogP contribution in [0, 0.1) is 0 Å². The maximum Gasteiger partial charge on any atom is 0.263 e. The lowest BCUT2D eigenvalue weighted by molar-refractivity contribution is -0.121. The summed E-state index contributed by atoms with van der Waals surface area (Å²) in [5.41, 5.74) is 0.482. The standard InChI is InChI=1S/C13H15N3O3S/c1-3-8-14-13(17)9(2)15-12-10-6-4-5-7-11(10)20(18,19)16-12/h3-7,9H,1,8H2,2H3,(H,14,17)(H,15,16)/t9-/m0/s1. The summed E-state index contributed by atoms with van der Waals surface area (Å²) in [5.74, 6) is -0.0946. The molecule has 0 aromatic heterocycles. The van der Waals surface area contributed by atoms with Crippen LogP contribution in [0.5, 0.6) is 0 Å². The molecule has 0 radical (unpaired) electrons. The predicted molar refractivity (Wildman–Crippen MR) is 76.0 cm³/mol. The minimum absolute atomic E-state index is 0.178. The van der Waals surface area contributed by atoms with Crippen LogP contribution in [0.15, 0.2) is 46.8 Å². The number of fused-ring (bicyclic) bond motifs is 1. The van der Waals surface area contributed by atoms with Crippen molar-refractivity contribution < 1.29 is 13.2 Å². The van der Waals surface area contributed by atoms with Crippen LogP contribution < -0.4 is 10.0 Å². The van der Waals surface area contributed by atoms with Crippen molar-refractivity contribution in [3.05, 3.63) is 42.5 Å². The fourth-order valence-corrected chi connectivity index (χ4v) is 3.04. The summed E-state index contributed by atoms with van der Waals surface area (Å²) in [7, 11) is -3.57. The smallest absolute Gasteiger partial charge is 0.263 e. The molecule has 1 aliphatic heterocycles. The molecule has 2 N–H and O–H groups in total. The lowest BCUT2D eigenvalue weighted by Crippen LogP contribution is -2.33. The lowest BCUT2D eigenvalue weighted by Gasteiger charge is -2.08. The normalized spacial score (nSPS) is 18.9. The average molecular weight is 293 g/mol. The number of hydrogen-bond donors (Lipinski definition) is 2. The molecule has 0 saturated heterocycles. The van der Waals surface area contributed by atoms with Crippen LogP contribution in [-0.4, -0.2) is 32.7 Å². The summed E-state index contributed by atoms with van der Waals surface area (Å²) in [6, 6.07) is 5.82. The molecule has 106 valence electrons. The van der Waals surface area contributed by atoms with Gasteiger partial charge in [-0.05, 0) is 19.1 Å². The first-order chi connectivity index (χ1) is 9.45. The molecule has 2 rings (SSSR count). The van der Waals surface area contributed by atoms with Gasteiger partial charge in [0.1, 0.15) is 11.9 Å². The summed E-state index contributed by atoms with van der Waals surface area (Å²) in [5, 5.41) is 2.61. The van der Waals surface area contributed by atoms with E-state index >= 15 is 0 Å². The first kappa shape index (κ1) is 14.3. The van der Waals surface area contributed by atoms with Crippen LogP contribution in [-0.2, 0) is 14.8 Å². The lowest BCUT2D eigenvalue weighted by atomic mass is 10.2. The van der Waals surface area contributed by atoms with Gasteiger partial charge in [0.05, 0.1) is 4.90 Å². The van der Waals surface area contributed by atoms with Gasteiger partial charge in [-0.1, -0.05) is 18.2 Å². The summed E-state index contributed by atoms with van der Waals surface area (Å²) in [4.78, 5) is 16.0. The SMILES string of the molecule is C=CCNC(=O)[C@H](C)N=C1NS(=O)(=O)c2ccccc21. The van der Waals surface area contributed by atoms with E-state index in [4.69, 9.17) is 0 Å². The number of sulfonamides is 1. The highest BCUT2D eigenvalue weighted by Crippen LogP contribution is 2.22. The summed E-state index contributed by atoms with van der Waals surface area (Å²) in [6.45, 7) is 5.44. The van der Waals surface area contributed by atoms with Crippen LogP contribution in [0.4, 0.5) is 0 Å². The summed E-state index contributed by atoms with van der Waals surface area (Å²) < 4.78 is 26.1. The Morgan fingerprint density at radius 3 is 2.90 bits per heavy atom. The highest BCUT2D eigenvalue weighted by molar-refractivity contribution is 7.90. The van der Waals surface area contributed by atoms with Gasteiger partial charge in [-0.15, -0.1) is 6.58 Å². The average Bonchev–Trinajstić information content (AvgIpc) is 2.68. The van der Waals surface area contributed by atoms with Gasteiger partial charge < -0.3 is 5.32 Å². The molecule has 1 aliphatic rings. The zero-order valence-electron chi connectivity index (χ0n) is 11.0. The van der Waals surface area contributed by atoms with Crippen molar-refractivity contribution >= 4 is 21.8 Å². The van der Waals surface area contributed by atoms with Gasteiger partial charge in [-0.3, -0.25) is 14.5 Å². The quantitative estimate of drug-likeness (QED) is 0.788. The molecule has 7 heteroatoms. The molecule has 1 heterocycles. The Bertz CT molecular complexity index is 680. The van der Waals surface area contributed by atoms with Crippen molar-refractivity contribution in [2.75, 3.05) is 6.54 Å². The molecule has 0 bridgehead atoms. The second kappa shape index (κ2) is 5.46. The van der Waals surface area contributed by atoms with Gasteiger partial charge in [-0.25, -0.2) is 8.42 Å². The second-order valence-corrected chi connectivity index (χ2v) is 5.94. The number of carbonyl (C=O) groups is 1. The van der Waals surface area contributed by atoms with Crippen LogP contribution in [0.2, 0.25) is 0 Å². The molecule has 1 aromatic rings. The number of nitrogens with one attached hydrogen (secondary N) is 2. The molecule has 0 spiro atoms. The van der Waals surface area contributed by atoms with Gasteiger partial charge in [0.2, 0.25) is 5.91 Å². The minimum atomic E-state index is -3.57. The van der Waals surface area contributed by atoms with Crippen LogP contribution in [0.3, 0.4) is 0 Å². The zero-order chi connectivity index (χ0) is 14.8. The molecule has 0 fully saturated rings. The van der Waals surface area contributed by atoms with Gasteiger partial charge in [0, 0.05) is 12.1 Å². The zero-order valence-corrected chi connectivity index (χ0v) is 11.8. The van der Waals surface area contributed by atoms with E-state index in [0.29, 0.717) is 12.1 Å². The van der Waals surface area contributed by atoms with Crippen LogP contribution >= 0.6 is 0 Å². The Hall–Kier alpha value is -2.15. The van der Waals surface area contributed by atoms with Crippen LogP contribution in [0.1, 0.15) is 12.5 Å². The molecular formula is C13H15N3O3S. The number of hydrogen-bond acceptors (Lipinski definition) is 4. The molecule has 0 unspecified atom stereocenters. The van der Waals surface area contributed by atoms with Crippen molar-refractivity contribution in [3.8, 4) is 0 Å². The number of carbonyl (C=O) groups excluding carboxylic acids is 1. The van der Waals surface area contributed by atoms with E-state index in [2.05, 4.69) is 21.6 Å². The highest BCUT2D eigenvalue weighted by Gasteiger charge is 2.30. The largest absolute Gasteiger partial charge is 0.351 e. The van der Waals surface area contributed by atoms with Crippen molar-refractivity contribution in [2.45, 2.75) is 17.9 Å². The van der Waals surface area contributed by atoms with Crippen molar-refractivity contribution in [1.82, 2.24) is 10.0 Å². The first-order valence-electron chi connectivity index (χ1n) is 6.04. The molecular weight excluding hydrogens is 278 g/mol. The number of rotatable bonds is 4. The van der Waals surface area contributed by atoms with E-state index < -0.39 is 16.1 Å². The van der Waals surface area contributed by atoms with Crippen molar-refractivity contribution in [2.24, 2.45) is 4.99 Å². The Labute approximate surface area is 117 Å². The Morgan fingerprint density at radius 2 is 2.20 bits per heavy atom. The molecule has 1 aromatic carbocycles. The fourth-order valence-electron chi connectivity index (χ4n) is 1.80. The third kappa shape index (κ3) is 2.72. The fraction of sp³-hybridized carbons (Fsp3) is 0.231. The van der Waals surface area contributed by atoms with E-state index in [1.807, 2.05) is 0 Å². The third-order valence-corrected chi connectivity index (χ3v) is 4.18. The monoisotopic (exact) mass is 293 g/mol. The topological polar surface area (TPSA) is 87.6 Å². The van der Waals surface area contributed by atoms with E-state index in [0.717, 1.165) is 0 Å². The Morgan fingerprint density at radius 1 is 1.50 bits per heavy atom. The minimum Gasteiger partial charge on any atom is -0.351 e. The van der Waals surface area contributed by atoms with Gasteiger partial charge in [0.15, 0.2) is 0 Å². The number of nitrogens with zero attached hydrogens (tertiary/aromatic N) is 1. The Balaban J connectivity index is 2.29. The van der Waals surface area contributed by atoms with Crippen molar-refractivity contribution in [3.63, 3.8) is 0 Å². The third-order valence-electron chi connectivity index (χ3n) is 2.79. The maximum absolute atomic E-state index is 11.9. The first-order valence-corrected chi connectivity index (χ1v) is 7.52. The van der Waals surface area contributed by atoms with Gasteiger partial charge in [0.25, 0.3) is 10.0 Å². The number of aliphatic imine (C=N–C) groups is 1. The van der Waals surface area contributed by atoms with E-state index in [-0.39, 0.29) is 16.6 Å². The number of amides is 1. The molecule has 0 aliphatic carbocycles. The second-order valence-electron chi connectivity index (χ2n) is 4.29. The number of benzene rings is 1. The maximum atomic E-state index is 11.9. The van der Waals surface area contributed by atoms with Gasteiger partial charge in [-0.2, -0.15) is 0 Å². The van der Waals surface area contributed by atoms with E-state index in [9.17, 15) is 13.2 Å². The molecule has 1 atom stereocenters. The highest BCUT2D eigenvalue weighted by atomic mass is 32.2.